The Bertz CT molecular complexity index is 618. The van der Waals surface area contributed by atoms with Crippen molar-refractivity contribution in [1.82, 2.24) is 4.98 Å². The molecule has 0 aliphatic carbocycles. The maximum absolute atomic E-state index is 12.6. The number of para-hydroxylation sites is 1. The van der Waals surface area contributed by atoms with E-state index in [-0.39, 0.29) is 11.4 Å². The van der Waals surface area contributed by atoms with Gasteiger partial charge in [-0.2, -0.15) is 18.4 Å². The van der Waals surface area contributed by atoms with Crippen molar-refractivity contribution < 1.29 is 17.9 Å². The number of nitrogens with zero attached hydrogens (tertiary/aromatic N) is 2. The van der Waals surface area contributed by atoms with Gasteiger partial charge in [-0.05, 0) is 18.2 Å². The van der Waals surface area contributed by atoms with Gasteiger partial charge in [-0.1, -0.05) is 18.2 Å². The van der Waals surface area contributed by atoms with E-state index in [2.05, 4.69) is 4.98 Å². The first-order chi connectivity index (χ1) is 9.00. The number of hydrogen-bond acceptors (Lipinski definition) is 3. The first-order valence-electron chi connectivity index (χ1n) is 5.21. The number of pyridine rings is 1. The van der Waals surface area contributed by atoms with Crippen LogP contribution in [0.4, 0.5) is 13.2 Å². The van der Waals surface area contributed by atoms with Gasteiger partial charge in [0.25, 0.3) is 0 Å². The van der Waals surface area contributed by atoms with Gasteiger partial charge in [0, 0.05) is 6.20 Å². The Morgan fingerprint density at radius 3 is 2.42 bits per heavy atom. The Balaban J connectivity index is 2.41. The van der Waals surface area contributed by atoms with Crippen LogP contribution in [-0.4, -0.2) is 4.98 Å². The topological polar surface area (TPSA) is 45.9 Å². The minimum atomic E-state index is -4.53. The Labute approximate surface area is 106 Å². The summed E-state index contributed by atoms with van der Waals surface area (Å²) in [6.45, 7) is 0. The van der Waals surface area contributed by atoms with Crippen molar-refractivity contribution in [2.75, 3.05) is 0 Å². The highest BCUT2D eigenvalue weighted by atomic mass is 19.4. The molecule has 0 spiro atoms. The first kappa shape index (κ1) is 12.9. The molecule has 0 bridgehead atoms. The van der Waals surface area contributed by atoms with Crippen LogP contribution >= 0.6 is 0 Å². The second kappa shape index (κ2) is 4.98. The molecule has 0 saturated carbocycles. The number of alkyl halides is 3. The summed E-state index contributed by atoms with van der Waals surface area (Å²) in [6, 6.07) is 10.7. The van der Waals surface area contributed by atoms with Crippen LogP contribution in [0.25, 0.3) is 0 Å². The van der Waals surface area contributed by atoms with Gasteiger partial charge in [0.15, 0.2) is 11.4 Å². The molecule has 1 aromatic carbocycles. The zero-order valence-electron chi connectivity index (χ0n) is 9.48. The maximum atomic E-state index is 12.6. The third-order valence-corrected chi connectivity index (χ3v) is 2.26. The van der Waals surface area contributed by atoms with Crippen LogP contribution in [0.2, 0.25) is 0 Å². The van der Waals surface area contributed by atoms with Crippen molar-refractivity contribution in [2.45, 2.75) is 6.18 Å². The Kier molecular flexibility index (Phi) is 3.38. The van der Waals surface area contributed by atoms with Crippen LogP contribution in [-0.2, 0) is 6.18 Å². The van der Waals surface area contributed by atoms with E-state index < -0.39 is 11.7 Å². The third kappa shape index (κ3) is 3.01. The van der Waals surface area contributed by atoms with E-state index in [1.807, 2.05) is 0 Å². The van der Waals surface area contributed by atoms with E-state index in [4.69, 9.17) is 10.00 Å². The molecule has 0 fully saturated rings. The number of aromatic nitrogens is 1. The SMILES string of the molecule is N#Cc1ncc(C(F)(F)F)cc1Oc1ccccc1. The van der Waals surface area contributed by atoms with Gasteiger partial charge in [0.05, 0.1) is 5.56 Å². The zero-order chi connectivity index (χ0) is 13.9. The molecule has 0 aliphatic rings. The first-order valence-corrected chi connectivity index (χ1v) is 5.21. The molecule has 0 N–H and O–H groups in total. The Hall–Kier alpha value is -2.55. The normalized spacial score (nSPS) is 10.8. The summed E-state index contributed by atoms with van der Waals surface area (Å²) < 4.78 is 42.9. The number of hydrogen-bond donors (Lipinski definition) is 0. The van der Waals surface area contributed by atoms with Crippen molar-refractivity contribution >= 4 is 0 Å². The second-order valence-electron chi connectivity index (χ2n) is 3.60. The molecule has 0 saturated heterocycles. The molecule has 2 rings (SSSR count). The fraction of sp³-hybridized carbons (Fsp3) is 0.0769. The lowest BCUT2D eigenvalue weighted by Gasteiger charge is -2.10. The van der Waals surface area contributed by atoms with E-state index in [0.29, 0.717) is 11.9 Å². The summed E-state index contributed by atoms with van der Waals surface area (Å²) >= 11 is 0. The van der Waals surface area contributed by atoms with Crippen molar-refractivity contribution in [1.29, 1.82) is 5.26 Å². The summed E-state index contributed by atoms with van der Waals surface area (Å²) in [6.07, 6.45) is -3.92. The van der Waals surface area contributed by atoms with Crippen LogP contribution < -0.4 is 4.74 Å². The summed E-state index contributed by atoms with van der Waals surface area (Å²) in [4.78, 5) is 3.45. The van der Waals surface area contributed by atoms with Crippen molar-refractivity contribution in [3.05, 3.63) is 53.9 Å². The minimum absolute atomic E-state index is 0.197. The highest BCUT2D eigenvalue weighted by Gasteiger charge is 2.32. The monoisotopic (exact) mass is 264 g/mol. The van der Waals surface area contributed by atoms with Gasteiger partial charge in [-0.3, -0.25) is 0 Å². The van der Waals surface area contributed by atoms with E-state index in [1.54, 1.807) is 36.4 Å². The van der Waals surface area contributed by atoms with Crippen molar-refractivity contribution in [3.63, 3.8) is 0 Å². The summed E-state index contributed by atoms with van der Waals surface area (Å²) in [5.74, 6) is 0.114. The standard InChI is InChI=1S/C13H7F3N2O/c14-13(15,16)9-6-12(11(7-17)18-8-9)19-10-4-2-1-3-5-10/h1-6,8H. The molecule has 96 valence electrons. The van der Waals surface area contributed by atoms with E-state index in [1.165, 1.54) is 0 Å². The van der Waals surface area contributed by atoms with Crippen LogP contribution in [0.1, 0.15) is 11.3 Å². The van der Waals surface area contributed by atoms with Gasteiger partial charge in [0.2, 0.25) is 0 Å². The molecule has 0 radical (unpaired) electrons. The Morgan fingerprint density at radius 1 is 1.16 bits per heavy atom. The molecule has 3 nitrogen and oxygen atoms in total. The largest absolute Gasteiger partial charge is 0.454 e. The summed E-state index contributed by atoms with van der Waals surface area (Å²) in [5.41, 5.74) is -1.16. The van der Waals surface area contributed by atoms with Gasteiger partial charge in [-0.25, -0.2) is 4.98 Å². The van der Waals surface area contributed by atoms with Gasteiger partial charge >= 0.3 is 6.18 Å². The lowest BCUT2D eigenvalue weighted by Crippen LogP contribution is -2.06. The molecule has 0 aliphatic heterocycles. The quantitative estimate of drug-likeness (QED) is 0.829. The predicted molar refractivity (Wildman–Crippen MR) is 60.5 cm³/mol. The molecular weight excluding hydrogens is 257 g/mol. The number of nitriles is 1. The van der Waals surface area contributed by atoms with Crippen LogP contribution in [0.15, 0.2) is 42.6 Å². The van der Waals surface area contributed by atoms with E-state index >= 15 is 0 Å². The smallest absolute Gasteiger partial charge is 0.418 e. The Morgan fingerprint density at radius 2 is 1.84 bits per heavy atom. The van der Waals surface area contributed by atoms with E-state index in [0.717, 1.165) is 6.07 Å². The molecule has 1 aromatic heterocycles. The molecule has 1 heterocycles. The average Bonchev–Trinajstić information content (AvgIpc) is 2.39. The fourth-order valence-electron chi connectivity index (χ4n) is 1.38. The number of benzene rings is 1. The van der Waals surface area contributed by atoms with Crippen LogP contribution in [0.5, 0.6) is 11.5 Å². The highest BCUT2D eigenvalue weighted by molar-refractivity contribution is 5.42. The third-order valence-electron chi connectivity index (χ3n) is 2.26. The molecule has 0 amide bonds. The van der Waals surface area contributed by atoms with Crippen LogP contribution in [0.3, 0.4) is 0 Å². The number of ether oxygens (including phenoxy) is 1. The van der Waals surface area contributed by atoms with Crippen molar-refractivity contribution in [2.24, 2.45) is 0 Å². The number of halogens is 3. The predicted octanol–water partition coefficient (Wildman–Crippen LogP) is 3.76. The molecule has 0 unspecified atom stereocenters. The van der Waals surface area contributed by atoms with Crippen molar-refractivity contribution in [3.8, 4) is 17.6 Å². The van der Waals surface area contributed by atoms with E-state index in [9.17, 15) is 13.2 Å². The van der Waals surface area contributed by atoms with Gasteiger partial charge in [0.1, 0.15) is 11.8 Å². The summed E-state index contributed by atoms with van der Waals surface area (Å²) in [7, 11) is 0. The minimum Gasteiger partial charge on any atom is -0.454 e. The molecule has 0 atom stereocenters. The summed E-state index contributed by atoms with van der Waals surface area (Å²) in [5, 5.41) is 8.82. The fourth-order valence-corrected chi connectivity index (χ4v) is 1.38. The lowest BCUT2D eigenvalue weighted by atomic mass is 10.2. The molecule has 6 heteroatoms. The van der Waals surface area contributed by atoms with Gasteiger partial charge in [-0.15, -0.1) is 0 Å². The zero-order valence-corrected chi connectivity index (χ0v) is 9.48. The molecule has 2 aromatic rings. The second-order valence-corrected chi connectivity index (χ2v) is 3.60. The highest BCUT2D eigenvalue weighted by Crippen LogP contribution is 2.33. The maximum Gasteiger partial charge on any atom is 0.418 e. The lowest BCUT2D eigenvalue weighted by molar-refractivity contribution is -0.137. The number of rotatable bonds is 2. The van der Waals surface area contributed by atoms with Gasteiger partial charge < -0.3 is 4.74 Å². The van der Waals surface area contributed by atoms with Crippen LogP contribution in [0, 0.1) is 11.3 Å². The molecule has 19 heavy (non-hydrogen) atoms. The average molecular weight is 264 g/mol. The molecular formula is C13H7F3N2O.